The molecule has 8 heteroatoms. The summed E-state index contributed by atoms with van der Waals surface area (Å²) in [6, 6.07) is 6.66. The smallest absolute Gasteiger partial charge is 0.279 e. The number of rotatable bonds is 4. The molecule has 0 saturated carbocycles. The summed E-state index contributed by atoms with van der Waals surface area (Å²) in [4.78, 5) is 6.52. The molecule has 0 unspecified atom stereocenters. The second-order valence-electron chi connectivity index (χ2n) is 4.17. The number of H-pyrrole nitrogens is 1. The number of para-hydroxylation sites is 1. The van der Waals surface area contributed by atoms with Crippen LogP contribution in [-0.2, 0) is 10.0 Å². The van der Waals surface area contributed by atoms with Crippen molar-refractivity contribution in [1.29, 1.82) is 0 Å². The van der Waals surface area contributed by atoms with Crippen molar-refractivity contribution in [3.63, 3.8) is 0 Å². The van der Waals surface area contributed by atoms with Crippen LogP contribution in [0.1, 0.15) is 18.3 Å². The molecule has 1 heterocycles. The Morgan fingerprint density at radius 1 is 1.40 bits per heavy atom. The molecule has 7 nitrogen and oxygen atoms in total. The summed E-state index contributed by atoms with van der Waals surface area (Å²) < 4.78 is 26.8. The maximum atomic E-state index is 12.2. The van der Waals surface area contributed by atoms with Gasteiger partial charge in [-0.25, -0.2) is 4.98 Å². The van der Waals surface area contributed by atoms with E-state index >= 15 is 0 Å². The molecule has 0 saturated heterocycles. The Morgan fingerprint density at radius 2 is 2.10 bits per heavy atom. The average molecular weight is 294 g/mol. The van der Waals surface area contributed by atoms with Gasteiger partial charge in [-0.3, -0.25) is 4.72 Å². The van der Waals surface area contributed by atoms with Crippen LogP contribution < -0.4 is 4.72 Å². The van der Waals surface area contributed by atoms with E-state index in [0.717, 1.165) is 0 Å². The van der Waals surface area contributed by atoms with Crippen molar-refractivity contribution in [2.45, 2.75) is 18.9 Å². The van der Waals surface area contributed by atoms with Crippen molar-refractivity contribution in [2.75, 3.05) is 4.72 Å². The number of oxime groups is 1. The van der Waals surface area contributed by atoms with Crippen molar-refractivity contribution < 1.29 is 13.6 Å². The van der Waals surface area contributed by atoms with E-state index in [4.69, 9.17) is 5.21 Å². The van der Waals surface area contributed by atoms with E-state index in [1.807, 2.05) is 0 Å². The minimum absolute atomic E-state index is 0.0246. The molecule has 1 aromatic carbocycles. The predicted molar refractivity (Wildman–Crippen MR) is 74.6 cm³/mol. The van der Waals surface area contributed by atoms with Crippen LogP contribution in [0, 0.1) is 6.92 Å². The number of nitrogens with zero attached hydrogens (tertiary/aromatic N) is 2. The zero-order valence-corrected chi connectivity index (χ0v) is 11.8. The zero-order valence-electron chi connectivity index (χ0n) is 11.0. The van der Waals surface area contributed by atoms with Crippen molar-refractivity contribution in [3.8, 4) is 0 Å². The highest BCUT2D eigenvalue weighted by Crippen LogP contribution is 2.20. The number of sulfonamides is 1. The Bertz CT molecular complexity index is 750. The fourth-order valence-corrected chi connectivity index (χ4v) is 2.73. The maximum Gasteiger partial charge on any atom is 0.279 e. The van der Waals surface area contributed by atoms with Crippen LogP contribution in [0.15, 0.2) is 40.6 Å². The molecule has 0 radical (unpaired) electrons. The number of anilines is 1. The minimum Gasteiger partial charge on any atom is -0.411 e. The van der Waals surface area contributed by atoms with Gasteiger partial charge in [0.2, 0.25) is 0 Å². The van der Waals surface area contributed by atoms with Gasteiger partial charge < -0.3 is 10.2 Å². The first-order chi connectivity index (χ1) is 9.44. The third kappa shape index (κ3) is 2.80. The van der Waals surface area contributed by atoms with Crippen LogP contribution in [0.4, 0.5) is 5.69 Å². The molecule has 2 aromatic rings. The van der Waals surface area contributed by atoms with Crippen LogP contribution in [0.5, 0.6) is 0 Å². The molecule has 0 amide bonds. The molecule has 0 fully saturated rings. The fourth-order valence-electron chi connectivity index (χ4n) is 1.68. The number of imidazole rings is 1. The van der Waals surface area contributed by atoms with Gasteiger partial charge in [0.15, 0.2) is 5.03 Å². The van der Waals surface area contributed by atoms with Crippen LogP contribution in [0.2, 0.25) is 0 Å². The molecule has 0 bridgehead atoms. The molecular formula is C12H14N4O3S. The van der Waals surface area contributed by atoms with E-state index in [1.54, 1.807) is 38.1 Å². The summed E-state index contributed by atoms with van der Waals surface area (Å²) in [6.07, 6.45) is 1.24. The molecule has 2 rings (SSSR count). The van der Waals surface area contributed by atoms with E-state index in [2.05, 4.69) is 19.8 Å². The zero-order chi connectivity index (χ0) is 14.8. The van der Waals surface area contributed by atoms with E-state index in [9.17, 15) is 8.42 Å². The molecule has 0 aliphatic carbocycles. The van der Waals surface area contributed by atoms with Crippen LogP contribution in [-0.4, -0.2) is 29.3 Å². The summed E-state index contributed by atoms with van der Waals surface area (Å²) in [5.41, 5.74) is 1.13. The molecule has 3 N–H and O–H groups in total. The predicted octanol–water partition coefficient (Wildman–Crippen LogP) is 1.72. The summed E-state index contributed by atoms with van der Waals surface area (Å²) in [6.45, 7) is 3.24. The standard InChI is InChI=1S/C12H14N4O3S/c1-8(15-17)10-5-3-4-6-11(10)16-20(18,19)12-7-13-9(2)14-12/h3-7,16-17H,1-2H3,(H,13,14). The molecule has 0 aliphatic heterocycles. The van der Waals surface area contributed by atoms with Gasteiger partial charge in [-0.2, -0.15) is 8.42 Å². The minimum atomic E-state index is -3.76. The van der Waals surface area contributed by atoms with Crippen LogP contribution in [0.25, 0.3) is 0 Å². The van der Waals surface area contributed by atoms with Crippen LogP contribution >= 0.6 is 0 Å². The topological polar surface area (TPSA) is 107 Å². The largest absolute Gasteiger partial charge is 0.411 e. The second kappa shape index (κ2) is 5.33. The number of benzene rings is 1. The Kier molecular flexibility index (Phi) is 3.75. The molecule has 1 aromatic heterocycles. The van der Waals surface area contributed by atoms with Gasteiger partial charge in [-0.05, 0) is 19.9 Å². The average Bonchev–Trinajstić information content (AvgIpc) is 2.86. The van der Waals surface area contributed by atoms with Crippen LogP contribution in [0.3, 0.4) is 0 Å². The normalized spacial score (nSPS) is 12.4. The van der Waals surface area contributed by atoms with Crippen molar-refractivity contribution in [1.82, 2.24) is 9.97 Å². The van der Waals surface area contributed by atoms with Gasteiger partial charge in [0.25, 0.3) is 10.0 Å². The molecule has 20 heavy (non-hydrogen) atoms. The molecule has 0 aliphatic rings. The van der Waals surface area contributed by atoms with Crippen molar-refractivity contribution in [3.05, 3.63) is 41.9 Å². The summed E-state index contributed by atoms with van der Waals surface area (Å²) in [7, 11) is -3.76. The highest BCUT2D eigenvalue weighted by atomic mass is 32.2. The lowest BCUT2D eigenvalue weighted by Gasteiger charge is -2.10. The first kappa shape index (κ1) is 14.1. The first-order valence-electron chi connectivity index (χ1n) is 5.76. The maximum absolute atomic E-state index is 12.2. The Hall–Kier alpha value is -2.35. The monoisotopic (exact) mass is 294 g/mol. The first-order valence-corrected chi connectivity index (χ1v) is 7.25. The van der Waals surface area contributed by atoms with Crippen molar-refractivity contribution >= 4 is 21.4 Å². The number of nitrogens with one attached hydrogen (secondary N) is 2. The van der Waals surface area contributed by atoms with Gasteiger partial charge in [-0.15, -0.1) is 0 Å². The lowest BCUT2D eigenvalue weighted by atomic mass is 10.1. The number of hydrogen-bond donors (Lipinski definition) is 3. The Labute approximate surface area is 116 Å². The highest BCUT2D eigenvalue weighted by Gasteiger charge is 2.18. The summed E-state index contributed by atoms with van der Waals surface area (Å²) in [5.74, 6) is 0.506. The lowest BCUT2D eigenvalue weighted by molar-refractivity contribution is 0.319. The number of aromatic nitrogens is 2. The summed E-state index contributed by atoms with van der Waals surface area (Å²) >= 11 is 0. The fraction of sp³-hybridized carbons (Fsp3) is 0.167. The van der Waals surface area contributed by atoms with E-state index in [1.165, 1.54) is 6.20 Å². The number of aromatic amines is 1. The number of aryl methyl sites for hydroxylation is 1. The third-order valence-corrected chi connectivity index (χ3v) is 3.96. The molecule has 0 atom stereocenters. The van der Waals surface area contributed by atoms with E-state index in [-0.39, 0.29) is 5.03 Å². The lowest BCUT2D eigenvalue weighted by Crippen LogP contribution is -2.15. The Balaban J connectivity index is 2.40. The van der Waals surface area contributed by atoms with E-state index < -0.39 is 10.0 Å². The van der Waals surface area contributed by atoms with Gasteiger partial charge in [-0.1, -0.05) is 23.4 Å². The summed E-state index contributed by atoms with van der Waals surface area (Å²) in [5, 5.41) is 11.9. The second-order valence-corrected chi connectivity index (χ2v) is 5.82. The van der Waals surface area contributed by atoms with Gasteiger partial charge in [0, 0.05) is 5.56 Å². The number of hydrogen-bond acceptors (Lipinski definition) is 5. The molecule has 106 valence electrons. The van der Waals surface area contributed by atoms with E-state index in [0.29, 0.717) is 22.8 Å². The van der Waals surface area contributed by atoms with Crippen molar-refractivity contribution in [2.24, 2.45) is 5.16 Å². The third-order valence-electron chi connectivity index (χ3n) is 2.68. The van der Waals surface area contributed by atoms with Gasteiger partial charge >= 0.3 is 0 Å². The van der Waals surface area contributed by atoms with Gasteiger partial charge in [0.05, 0.1) is 17.6 Å². The quantitative estimate of drug-likeness (QED) is 0.453. The van der Waals surface area contributed by atoms with Gasteiger partial charge in [0.1, 0.15) is 5.82 Å². The molecule has 0 spiro atoms. The highest BCUT2D eigenvalue weighted by molar-refractivity contribution is 7.92. The Morgan fingerprint density at radius 3 is 2.70 bits per heavy atom. The molecular weight excluding hydrogens is 280 g/mol. The SMILES string of the molecule is CC(=NO)c1ccccc1NS(=O)(=O)c1cnc(C)[nH]1.